The summed E-state index contributed by atoms with van der Waals surface area (Å²) in [6, 6.07) is 0. The van der Waals surface area contributed by atoms with Crippen molar-refractivity contribution in [2.24, 2.45) is 0 Å². The summed E-state index contributed by atoms with van der Waals surface area (Å²) in [4.78, 5) is 13.4. The number of amides is 1. The number of ether oxygens (including phenoxy) is 1. The fourth-order valence-corrected chi connectivity index (χ4v) is 1.24. The average molecular weight is 212 g/mol. The zero-order chi connectivity index (χ0) is 11.4. The second-order valence-corrected chi connectivity index (χ2v) is 3.33. The number of hydrogen-bond acceptors (Lipinski definition) is 4. The zero-order valence-electron chi connectivity index (χ0n) is 9.20. The van der Waals surface area contributed by atoms with E-state index in [1.54, 1.807) is 26.0 Å². The van der Waals surface area contributed by atoms with Crippen molar-refractivity contribution in [3.05, 3.63) is 11.3 Å². The number of anilines is 1. The van der Waals surface area contributed by atoms with Crippen LogP contribution in [0.4, 0.5) is 5.82 Å². The molecule has 3 N–H and O–H groups in total. The first-order chi connectivity index (χ1) is 7.07. The Kier molecular flexibility index (Phi) is 3.68. The third-order valence-electron chi connectivity index (χ3n) is 2.17. The van der Waals surface area contributed by atoms with Gasteiger partial charge < -0.3 is 15.4 Å². The predicted octanol–water partition coefficient (Wildman–Crippen LogP) is 0.0187. The molecule has 0 atom stereocenters. The van der Waals surface area contributed by atoms with Crippen molar-refractivity contribution in [2.75, 3.05) is 33.0 Å². The van der Waals surface area contributed by atoms with E-state index in [9.17, 15) is 4.79 Å². The zero-order valence-corrected chi connectivity index (χ0v) is 9.20. The van der Waals surface area contributed by atoms with E-state index in [2.05, 4.69) is 10.2 Å². The molecule has 6 nitrogen and oxygen atoms in total. The maximum atomic E-state index is 11.9. The molecule has 1 aromatic rings. The fraction of sp³-hybridized carbons (Fsp3) is 0.556. The largest absolute Gasteiger partial charge is 0.383 e. The Morgan fingerprint density at radius 1 is 1.67 bits per heavy atom. The lowest BCUT2D eigenvalue weighted by molar-refractivity contribution is 0.0744. The minimum absolute atomic E-state index is 0.143. The molecule has 1 rings (SSSR count). The van der Waals surface area contributed by atoms with Crippen LogP contribution in [0, 0.1) is 6.92 Å². The van der Waals surface area contributed by atoms with E-state index < -0.39 is 0 Å². The standard InChI is InChI=1S/C9H16N4O2/c1-6-7(8(10)12-11-6)9(14)13(2)4-5-15-3/h4-5H2,1-3H3,(H3,10,11,12). The fourth-order valence-electron chi connectivity index (χ4n) is 1.24. The van der Waals surface area contributed by atoms with Crippen LogP contribution in [0.3, 0.4) is 0 Å². The second-order valence-electron chi connectivity index (χ2n) is 3.33. The number of carbonyl (C=O) groups excluding carboxylic acids is 1. The van der Waals surface area contributed by atoms with Crippen LogP contribution < -0.4 is 5.73 Å². The minimum atomic E-state index is -0.143. The molecule has 0 aliphatic heterocycles. The number of likely N-dealkylation sites (N-methyl/N-ethyl adjacent to an activating group) is 1. The van der Waals surface area contributed by atoms with Gasteiger partial charge in [0.25, 0.3) is 5.91 Å². The van der Waals surface area contributed by atoms with Gasteiger partial charge in [-0.3, -0.25) is 9.89 Å². The van der Waals surface area contributed by atoms with Gasteiger partial charge in [0.1, 0.15) is 5.56 Å². The molecule has 1 amide bonds. The number of methoxy groups -OCH3 is 1. The van der Waals surface area contributed by atoms with E-state index in [-0.39, 0.29) is 11.7 Å². The molecule has 15 heavy (non-hydrogen) atoms. The van der Waals surface area contributed by atoms with Crippen molar-refractivity contribution >= 4 is 11.7 Å². The smallest absolute Gasteiger partial charge is 0.259 e. The Bertz CT molecular complexity index is 328. The summed E-state index contributed by atoms with van der Waals surface area (Å²) < 4.78 is 4.89. The molecule has 0 fully saturated rings. The van der Waals surface area contributed by atoms with Crippen LogP contribution in [0.25, 0.3) is 0 Å². The number of aromatic nitrogens is 2. The van der Waals surface area contributed by atoms with Gasteiger partial charge in [0, 0.05) is 26.4 Å². The summed E-state index contributed by atoms with van der Waals surface area (Å²) in [7, 11) is 3.29. The Morgan fingerprint density at radius 3 is 2.80 bits per heavy atom. The van der Waals surface area contributed by atoms with Gasteiger partial charge in [-0.25, -0.2) is 0 Å². The summed E-state index contributed by atoms with van der Waals surface area (Å²) in [6.45, 7) is 2.79. The van der Waals surface area contributed by atoms with Crippen molar-refractivity contribution in [2.45, 2.75) is 6.92 Å². The summed E-state index contributed by atoms with van der Waals surface area (Å²) >= 11 is 0. The number of aryl methyl sites for hydroxylation is 1. The van der Waals surface area contributed by atoms with Crippen molar-refractivity contribution in [3.63, 3.8) is 0 Å². The van der Waals surface area contributed by atoms with Gasteiger partial charge >= 0.3 is 0 Å². The number of hydrogen-bond donors (Lipinski definition) is 2. The SMILES string of the molecule is COCCN(C)C(=O)c1c(N)n[nH]c1C. The molecule has 0 aliphatic carbocycles. The first-order valence-electron chi connectivity index (χ1n) is 4.62. The van der Waals surface area contributed by atoms with Crippen LogP contribution >= 0.6 is 0 Å². The van der Waals surface area contributed by atoms with Gasteiger partial charge in [0.15, 0.2) is 5.82 Å². The van der Waals surface area contributed by atoms with Crippen LogP contribution in [0.2, 0.25) is 0 Å². The normalized spacial score (nSPS) is 10.3. The van der Waals surface area contributed by atoms with E-state index in [0.717, 1.165) is 0 Å². The molecule has 0 bridgehead atoms. The highest BCUT2D eigenvalue weighted by Gasteiger charge is 2.19. The number of aromatic amines is 1. The molecule has 1 heterocycles. The van der Waals surface area contributed by atoms with Gasteiger partial charge in [-0.15, -0.1) is 0 Å². The monoisotopic (exact) mass is 212 g/mol. The highest BCUT2D eigenvalue weighted by atomic mass is 16.5. The van der Waals surface area contributed by atoms with Crippen LogP contribution in [0.1, 0.15) is 16.1 Å². The van der Waals surface area contributed by atoms with Crippen molar-refractivity contribution < 1.29 is 9.53 Å². The lowest BCUT2D eigenvalue weighted by atomic mass is 10.2. The molecule has 0 saturated carbocycles. The lowest BCUT2D eigenvalue weighted by Crippen LogP contribution is -2.30. The van der Waals surface area contributed by atoms with Crippen LogP contribution in [-0.4, -0.2) is 48.3 Å². The first kappa shape index (κ1) is 11.5. The van der Waals surface area contributed by atoms with Gasteiger partial charge in [0.2, 0.25) is 0 Å². The second kappa shape index (κ2) is 4.79. The average Bonchev–Trinajstić information content (AvgIpc) is 2.54. The maximum Gasteiger partial charge on any atom is 0.259 e. The van der Waals surface area contributed by atoms with Crippen molar-refractivity contribution in [3.8, 4) is 0 Å². The number of H-pyrrole nitrogens is 1. The molecule has 0 aliphatic rings. The molecule has 0 radical (unpaired) electrons. The molecular formula is C9H16N4O2. The van der Waals surface area contributed by atoms with E-state index in [4.69, 9.17) is 10.5 Å². The molecule has 0 unspecified atom stereocenters. The number of nitrogen functional groups attached to an aromatic ring is 1. The molecule has 0 aromatic carbocycles. The van der Waals surface area contributed by atoms with E-state index >= 15 is 0 Å². The van der Waals surface area contributed by atoms with Crippen molar-refractivity contribution in [1.29, 1.82) is 0 Å². The molecular weight excluding hydrogens is 196 g/mol. The van der Waals surface area contributed by atoms with Gasteiger partial charge in [-0.1, -0.05) is 0 Å². The van der Waals surface area contributed by atoms with Gasteiger partial charge in [-0.05, 0) is 6.92 Å². The van der Waals surface area contributed by atoms with Crippen molar-refractivity contribution in [1.82, 2.24) is 15.1 Å². The summed E-state index contributed by atoms with van der Waals surface area (Å²) in [5, 5.41) is 6.45. The van der Waals surface area contributed by atoms with E-state index in [1.807, 2.05) is 0 Å². The third kappa shape index (κ3) is 2.47. The number of nitrogens with zero attached hydrogens (tertiary/aromatic N) is 2. The van der Waals surface area contributed by atoms with E-state index in [0.29, 0.717) is 24.4 Å². The highest BCUT2D eigenvalue weighted by Crippen LogP contribution is 2.14. The van der Waals surface area contributed by atoms with E-state index in [1.165, 1.54) is 0 Å². The third-order valence-corrected chi connectivity index (χ3v) is 2.17. The number of carbonyl (C=O) groups is 1. The van der Waals surface area contributed by atoms with Crippen LogP contribution in [-0.2, 0) is 4.74 Å². The van der Waals surface area contributed by atoms with Crippen LogP contribution in [0.15, 0.2) is 0 Å². The van der Waals surface area contributed by atoms with Gasteiger partial charge in [-0.2, -0.15) is 5.10 Å². The number of rotatable bonds is 4. The Balaban J connectivity index is 2.76. The topological polar surface area (TPSA) is 84.2 Å². The number of nitrogens with two attached hydrogens (primary N) is 1. The molecule has 0 spiro atoms. The summed E-state index contributed by atoms with van der Waals surface area (Å²) in [6.07, 6.45) is 0. The number of nitrogens with one attached hydrogen (secondary N) is 1. The summed E-state index contributed by atoms with van der Waals surface area (Å²) in [5.41, 5.74) is 6.71. The molecule has 84 valence electrons. The highest BCUT2D eigenvalue weighted by molar-refractivity contribution is 5.99. The van der Waals surface area contributed by atoms with Gasteiger partial charge in [0.05, 0.1) is 6.61 Å². The molecule has 1 aromatic heterocycles. The Labute approximate surface area is 88.4 Å². The lowest BCUT2D eigenvalue weighted by Gasteiger charge is -2.16. The predicted molar refractivity (Wildman–Crippen MR) is 56.6 cm³/mol. The minimum Gasteiger partial charge on any atom is -0.383 e. The molecule has 6 heteroatoms. The Hall–Kier alpha value is -1.56. The first-order valence-corrected chi connectivity index (χ1v) is 4.62. The Morgan fingerprint density at radius 2 is 2.33 bits per heavy atom. The quantitative estimate of drug-likeness (QED) is 0.736. The molecule has 0 saturated heterocycles. The van der Waals surface area contributed by atoms with Crippen LogP contribution in [0.5, 0.6) is 0 Å². The maximum absolute atomic E-state index is 11.9. The summed E-state index contributed by atoms with van der Waals surface area (Å²) in [5.74, 6) is 0.0950.